The van der Waals surface area contributed by atoms with Crippen molar-refractivity contribution in [2.24, 2.45) is 0 Å². The van der Waals surface area contributed by atoms with Crippen molar-refractivity contribution in [3.05, 3.63) is 17.5 Å². The minimum Gasteiger partial charge on any atom is -0.377 e. The summed E-state index contributed by atoms with van der Waals surface area (Å²) >= 11 is 0. The van der Waals surface area contributed by atoms with E-state index in [1.165, 1.54) is 19.3 Å². The number of nitrogens with zero attached hydrogens (tertiary/aromatic N) is 2. The molecule has 0 aromatic carbocycles. The molecule has 5 heteroatoms. The van der Waals surface area contributed by atoms with Gasteiger partial charge < -0.3 is 14.6 Å². The summed E-state index contributed by atoms with van der Waals surface area (Å²) in [5, 5.41) is 7.52. The van der Waals surface area contributed by atoms with Gasteiger partial charge in [0.1, 0.15) is 6.61 Å². The van der Waals surface area contributed by atoms with Crippen molar-refractivity contribution in [3.63, 3.8) is 0 Å². The van der Waals surface area contributed by atoms with Crippen LogP contribution in [-0.2, 0) is 17.9 Å². The zero-order valence-corrected chi connectivity index (χ0v) is 11.3. The summed E-state index contributed by atoms with van der Waals surface area (Å²) in [6.45, 7) is 3.59. The van der Waals surface area contributed by atoms with Crippen LogP contribution in [0.2, 0.25) is 0 Å². The summed E-state index contributed by atoms with van der Waals surface area (Å²) in [6.07, 6.45) is 3.72. The molecule has 1 unspecified atom stereocenters. The van der Waals surface area contributed by atoms with E-state index < -0.39 is 0 Å². The molecule has 1 saturated heterocycles. The van der Waals surface area contributed by atoms with Gasteiger partial charge in [-0.25, -0.2) is 0 Å². The van der Waals surface area contributed by atoms with Gasteiger partial charge >= 0.3 is 0 Å². The minimum atomic E-state index is 0.490. The number of ether oxygens (including phenoxy) is 1. The lowest BCUT2D eigenvalue weighted by Crippen LogP contribution is -2.32. The highest BCUT2D eigenvalue weighted by Crippen LogP contribution is 2.15. The Kier molecular flexibility index (Phi) is 5.16. The topological polar surface area (TPSA) is 50.5 Å². The minimum absolute atomic E-state index is 0.490. The fraction of sp³-hybridized carbons (Fsp3) is 0.769. The summed E-state index contributed by atoms with van der Waals surface area (Å²) in [6, 6.07) is 2.62. The number of hydrogen-bond donors (Lipinski definition) is 1. The Morgan fingerprint density at radius 3 is 3.22 bits per heavy atom. The second-order valence-corrected chi connectivity index (χ2v) is 4.97. The second-order valence-electron chi connectivity index (χ2n) is 4.97. The highest BCUT2D eigenvalue weighted by molar-refractivity contribution is 5.04. The van der Waals surface area contributed by atoms with Gasteiger partial charge in [0, 0.05) is 25.8 Å². The molecule has 102 valence electrons. The fourth-order valence-corrected chi connectivity index (χ4v) is 2.47. The van der Waals surface area contributed by atoms with Crippen LogP contribution in [0, 0.1) is 0 Å². The monoisotopic (exact) mass is 253 g/mol. The van der Waals surface area contributed by atoms with Gasteiger partial charge in [0.15, 0.2) is 5.76 Å². The molecule has 0 saturated carbocycles. The van der Waals surface area contributed by atoms with Crippen LogP contribution >= 0.6 is 0 Å². The van der Waals surface area contributed by atoms with E-state index in [0.29, 0.717) is 12.6 Å². The molecule has 1 aliphatic rings. The van der Waals surface area contributed by atoms with E-state index in [2.05, 4.69) is 22.4 Å². The zero-order chi connectivity index (χ0) is 12.8. The van der Waals surface area contributed by atoms with Crippen LogP contribution < -0.4 is 5.32 Å². The average Bonchev–Trinajstić information content (AvgIpc) is 2.65. The van der Waals surface area contributed by atoms with Gasteiger partial charge in [-0.3, -0.25) is 4.90 Å². The van der Waals surface area contributed by atoms with E-state index in [1.807, 2.05) is 6.07 Å². The van der Waals surface area contributed by atoms with Crippen molar-refractivity contribution in [2.45, 2.75) is 38.5 Å². The molecule has 0 radical (unpaired) electrons. The lowest BCUT2D eigenvalue weighted by Gasteiger charge is -2.25. The second kappa shape index (κ2) is 6.87. The molecule has 0 amide bonds. The van der Waals surface area contributed by atoms with Crippen LogP contribution in [0.3, 0.4) is 0 Å². The average molecular weight is 253 g/mol. The maximum Gasteiger partial charge on any atom is 0.162 e. The maximum atomic E-state index is 5.20. The summed E-state index contributed by atoms with van der Waals surface area (Å²) < 4.78 is 10.2. The smallest absolute Gasteiger partial charge is 0.162 e. The van der Waals surface area contributed by atoms with Crippen LogP contribution in [0.5, 0.6) is 0 Å². The molecule has 18 heavy (non-hydrogen) atoms. The summed E-state index contributed by atoms with van der Waals surface area (Å²) in [5.74, 6) is 0.795. The third-order valence-corrected chi connectivity index (χ3v) is 3.47. The SMILES string of the molecule is COCc1cc(CN(C)C2CCCNCC2)no1. The number of hydrogen-bond acceptors (Lipinski definition) is 5. The summed E-state index contributed by atoms with van der Waals surface area (Å²) in [7, 11) is 3.83. The Hall–Kier alpha value is -0.910. The van der Waals surface area contributed by atoms with Crippen LogP contribution in [0.4, 0.5) is 0 Å². The third-order valence-electron chi connectivity index (χ3n) is 3.47. The highest BCUT2D eigenvalue weighted by atomic mass is 16.5. The van der Waals surface area contributed by atoms with Crippen LogP contribution in [0.15, 0.2) is 10.6 Å². The van der Waals surface area contributed by atoms with Gasteiger partial charge in [-0.1, -0.05) is 5.16 Å². The van der Waals surface area contributed by atoms with E-state index in [9.17, 15) is 0 Å². The summed E-state index contributed by atoms with van der Waals surface area (Å²) in [4.78, 5) is 2.38. The molecule has 5 nitrogen and oxygen atoms in total. The molecule has 1 atom stereocenters. The normalized spacial score (nSPS) is 21.2. The first-order chi connectivity index (χ1) is 8.79. The molecule has 2 rings (SSSR count). The molecule has 1 fully saturated rings. The lowest BCUT2D eigenvalue weighted by atomic mass is 10.1. The number of methoxy groups -OCH3 is 1. The third kappa shape index (κ3) is 3.80. The molecule has 1 aromatic heterocycles. The van der Waals surface area contributed by atoms with Crippen molar-refractivity contribution >= 4 is 0 Å². The Morgan fingerprint density at radius 2 is 2.39 bits per heavy atom. The van der Waals surface area contributed by atoms with E-state index in [1.54, 1.807) is 7.11 Å². The van der Waals surface area contributed by atoms with Crippen molar-refractivity contribution in [1.29, 1.82) is 0 Å². The van der Waals surface area contributed by atoms with Crippen LogP contribution in [0.1, 0.15) is 30.7 Å². The molecule has 1 aromatic rings. The number of rotatable bonds is 5. The van der Waals surface area contributed by atoms with E-state index >= 15 is 0 Å². The van der Waals surface area contributed by atoms with Crippen molar-refractivity contribution in [2.75, 3.05) is 27.2 Å². The first-order valence-electron chi connectivity index (χ1n) is 6.64. The predicted octanol–water partition coefficient (Wildman–Crippen LogP) is 1.39. The van der Waals surface area contributed by atoms with E-state index in [0.717, 1.165) is 31.1 Å². The van der Waals surface area contributed by atoms with Gasteiger partial charge in [0.25, 0.3) is 0 Å². The van der Waals surface area contributed by atoms with Gasteiger partial charge in [-0.15, -0.1) is 0 Å². The quantitative estimate of drug-likeness (QED) is 0.859. The highest BCUT2D eigenvalue weighted by Gasteiger charge is 2.18. The molecule has 0 aliphatic carbocycles. The predicted molar refractivity (Wildman–Crippen MR) is 69.2 cm³/mol. The fourth-order valence-electron chi connectivity index (χ4n) is 2.47. The first-order valence-corrected chi connectivity index (χ1v) is 6.64. The lowest BCUT2D eigenvalue weighted by molar-refractivity contribution is 0.155. The Bertz CT molecular complexity index is 346. The number of aromatic nitrogens is 1. The van der Waals surface area contributed by atoms with Gasteiger partial charge in [0.2, 0.25) is 0 Å². The Morgan fingerprint density at radius 1 is 1.50 bits per heavy atom. The molecule has 0 bridgehead atoms. The van der Waals surface area contributed by atoms with Crippen molar-refractivity contribution < 1.29 is 9.26 Å². The van der Waals surface area contributed by atoms with E-state index in [4.69, 9.17) is 9.26 Å². The van der Waals surface area contributed by atoms with Crippen molar-refractivity contribution in [3.8, 4) is 0 Å². The molecule has 1 aliphatic heterocycles. The van der Waals surface area contributed by atoms with Crippen molar-refractivity contribution in [1.82, 2.24) is 15.4 Å². The Balaban J connectivity index is 1.86. The largest absolute Gasteiger partial charge is 0.377 e. The van der Waals surface area contributed by atoms with Gasteiger partial charge in [-0.05, 0) is 39.4 Å². The van der Waals surface area contributed by atoms with Gasteiger partial charge in [0.05, 0.1) is 5.69 Å². The molecule has 1 N–H and O–H groups in total. The zero-order valence-electron chi connectivity index (χ0n) is 11.3. The standard InChI is InChI=1S/C13H23N3O2/c1-16(12-4-3-6-14-7-5-12)9-11-8-13(10-17-2)18-15-11/h8,12,14H,3-7,9-10H2,1-2H3. The first kappa shape index (κ1) is 13.5. The maximum absolute atomic E-state index is 5.20. The Labute approximate surface area is 108 Å². The molecular weight excluding hydrogens is 230 g/mol. The molecular formula is C13H23N3O2. The van der Waals surface area contributed by atoms with E-state index in [-0.39, 0.29) is 0 Å². The van der Waals surface area contributed by atoms with Crippen LogP contribution in [-0.4, -0.2) is 43.3 Å². The van der Waals surface area contributed by atoms with Gasteiger partial charge in [-0.2, -0.15) is 0 Å². The molecule has 0 spiro atoms. The summed E-state index contributed by atoms with van der Waals surface area (Å²) in [5.41, 5.74) is 0.988. The number of nitrogens with one attached hydrogen (secondary N) is 1. The molecule has 2 heterocycles. The van der Waals surface area contributed by atoms with Crippen LogP contribution in [0.25, 0.3) is 0 Å².